The van der Waals surface area contributed by atoms with E-state index >= 15 is 0 Å². The molecule has 2 aromatic rings. The fourth-order valence-electron chi connectivity index (χ4n) is 6.83. The van der Waals surface area contributed by atoms with Crippen molar-refractivity contribution in [3.05, 3.63) is 55.6 Å². The van der Waals surface area contributed by atoms with Crippen molar-refractivity contribution in [1.29, 1.82) is 0 Å². The number of rotatable bonds is 11. The maximum absolute atomic E-state index is 11.7. The molecule has 2 atom stereocenters. The second-order valence-electron chi connectivity index (χ2n) is 13.3. The van der Waals surface area contributed by atoms with Crippen molar-refractivity contribution in [2.75, 3.05) is 27.2 Å². The first-order valence-electron chi connectivity index (χ1n) is 16.4. The van der Waals surface area contributed by atoms with Gasteiger partial charge in [0.25, 0.3) is 0 Å². The maximum Gasteiger partial charge on any atom is 0.372 e. The van der Waals surface area contributed by atoms with Crippen LogP contribution in [-0.4, -0.2) is 89.8 Å². The summed E-state index contributed by atoms with van der Waals surface area (Å²) in [4.78, 5) is 27.9. The number of carboxylic acid groups (broad SMARTS) is 2. The number of hydrogen-bond acceptors (Lipinski definition) is 6. The highest BCUT2D eigenvalue weighted by Crippen LogP contribution is 2.38. The van der Waals surface area contributed by atoms with Gasteiger partial charge in [-0.3, -0.25) is 0 Å². The van der Waals surface area contributed by atoms with Gasteiger partial charge in [0.05, 0.1) is 0 Å². The summed E-state index contributed by atoms with van der Waals surface area (Å²) in [5.41, 5.74) is 7.86. The maximum atomic E-state index is 11.7. The van der Waals surface area contributed by atoms with Gasteiger partial charge in [-0.1, -0.05) is 27.5 Å². The Morgan fingerprint density at radius 2 is 1.38 bits per heavy atom. The molecule has 2 unspecified atom stereocenters. The van der Waals surface area contributed by atoms with E-state index in [4.69, 9.17) is 4.65 Å². The van der Waals surface area contributed by atoms with Crippen LogP contribution in [0.2, 0.25) is 20.5 Å². The van der Waals surface area contributed by atoms with Crippen molar-refractivity contribution in [3.8, 4) is 11.5 Å². The predicted molar refractivity (Wildman–Crippen MR) is 187 cm³/mol. The molecule has 0 bridgehead atoms. The van der Waals surface area contributed by atoms with Crippen LogP contribution in [0.3, 0.4) is 0 Å². The third kappa shape index (κ3) is 8.25. The second kappa shape index (κ2) is 16.0. The Morgan fingerprint density at radius 1 is 0.867 bits per heavy atom. The Kier molecular flexibility index (Phi) is 13.6. The van der Waals surface area contributed by atoms with Crippen LogP contribution in [-0.2, 0) is 12.8 Å². The normalized spacial score (nSPS) is 14.9. The van der Waals surface area contributed by atoms with Gasteiger partial charge in [-0.05, 0) is 152 Å². The molecule has 0 amide bonds. The van der Waals surface area contributed by atoms with Crippen molar-refractivity contribution in [1.82, 2.24) is 9.80 Å². The van der Waals surface area contributed by atoms with E-state index in [0.717, 1.165) is 65.7 Å². The van der Waals surface area contributed by atoms with Gasteiger partial charge in [-0.25, -0.2) is 9.59 Å². The molecule has 8 nitrogen and oxygen atoms in total. The Morgan fingerprint density at radius 3 is 1.87 bits per heavy atom. The van der Waals surface area contributed by atoms with Crippen LogP contribution in [0.15, 0.2) is 0 Å². The van der Waals surface area contributed by atoms with E-state index in [2.05, 4.69) is 58.3 Å². The molecular formula is C35H56B2N2O6. The predicted octanol–water partition coefficient (Wildman–Crippen LogP) is 6.68. The molecule has 45 heavy (non-hydrogen) atoms. The summed E-state index contributed by atoms with van der Waals surface area (Å²) in [6.07, 6.45) is 3.67. The summed E-state index contributed by atoms with van der Waals surface area (Å²) in [5.74, 6) is -0.884. The summed E-state index contributed by atoms with van der Waals surface area (Å²) in [5, 5.41) is 29.6. The van der Waals surface area contributed by atoms with Crippen LogP contribution in [0.5, 0.6) is 11.5 Å². The molecule has 0 aliphatic carbocycles. The molecule has 1 aliphatic heterocycles. The van der Waals surface area contributed by atoms with E-state index < -0.39 is 11.9 Å². The lowest BCUT2D eigenvalue weighted by molar-refractivity contribution is 0.0681. The smallest absolute Gasteiger partial charge is 0.372 e. The van der Waals surface area contributed by atoms with E-state index in [1.807, 2.05) is 34.5 Å². The van der Waals surface area contributed by atoms with Crippen LogP contribution in [0.4, 0.5) is 0 Å². The Balaban J connectivity index is 0.000000314. The van der Waals surface area contributed by atoms with Crippen molar-refractivity contribution in [3.63, 3.8) is 0 Å². The number of fused-ring (bicyclic) bond motifs is 1. The molecule has 3 N–H and O–H groups in total. The first-order valence-corrected chi connectivity index (χ1v) is 16.4. The van der Waals surface area contributed by atoms with Crippen LogP contribution in [0.25, 0.3) is 0 Å². The summed E-state index contributed by atoms with van der Waals surface area (Å²) in [6, 6.07) is 0. The van der Waals surface area contributed by atoms with Crippen LogP contribution < -0.4 is 4.65 Å². The summed E-state index contributed by atoms with van der Waals surface area (Å²) >= 11 is 0. The van der Waals surface area contributed by atoms with E-state index in [9.17, 15) is 24.9 Å². The van der Waals surface area contributed by atoms with Gasteiger partial charge in [-0.2, -0.15) is 0 Å². The number of aromatic carboxylic acids is 2. The van der Waals surface area contributed by atoms with E-state index in [1.54, 1.807) is 6.92 Å². The lowest BCUT2D eigenvalue weighted by atomic mass is 9.46. The molecule has 1 aliphatic rings. The minimum absolute atomic E-state index is 0.0105. The zero-order chi connectivity index (χ0) is 34.5. The second-order valence-corrected chi connectivity index (χ2v) is 13.3. The topological polar surface area (TPSA) is 111 Å². The van der Waals surface area contributed by atoms with E-state index in [-0.39, 0.29) is 30.1 Å². The van der Waals surface area contributed by atoms with Crippen molar-refractivity contribution in [2.45, 2.75) is 113 Å². The first kappa shape index (κ1) is 38.2. The molecule has 0 fully saturated rings. The van der Waals surface area contributed by atoms with Crippen LogP contribution in [0.1, 0.15) is 91.9 Å². The Labute approximate surface area is 272 Å². The third-order valence-electron chi connectivity index (χ3n) is 10.1. The molecule has 0 aromatic heterocycles. The quantitative estimate of drug-likeness (QED) is 0.238. The average Bonchev–Trinajstić information content (AvgIpc) is 2.94. The Bertz CT molecular complexity index is 1390. The number of nitrogens with zero attached hydrogens (tertiary/aromatic N) is 2. The molecule has 248 valence electrons. The largest absolute Gasteiger partial charge is 0.558 e. The zero-order valence-corrected chi connectivity index (χ0v) is 30.0. The number of likely N-dealkylation sites (N-methyl/N-ethyl adjacent to an activating group) is 2. The van der Waals surface area contributed by atoms with Gasteiger partial charge < -0.3 is 29.8 Å². The average molecular weight is 622 g/mol. The van der Waals surface area contributed by atoms with Gasteiger partial charge in [0.2, 0.25) is 0 Å². The lowest BCUT2D eigenvalue weighted by Crippen LogP contribution is -2.50. The van der Waals surface area contributed by atoms with Gasteiger partial charge in [0.1, 0.15) is 22.6 Å². The highest BCUT2D eigenvalue weighted by atomic mass is 16.4. The van der Waals surface area contributed by atoms with Gasteiger partial charge >= 0.3 is 18.9 Å². The zero-order valence-electron chi connectivity index (χ0n) is 30.0. The van der Waals surface area contributed by atoms with Gasteiger partial charge in [-0.15, -0.1) is 0 Å². The standard InChI is InChI=1S/C18H30BNO3.C17H26BNO3/c1-8-9-20(7)15(19(5)6)10-14-12(3)11(2)13(4)16(17(14)21)18(22)23;1-7-8-19(6)14-9-13-11(3)10(2)12(4)15(17(20)21)16(13)22-18(14)5/h15,21H,8-10H2,1-7H3,(H,22,23);14H,7-9H2,1-6H3,(H,20,21). The lowest BCUT2D eigenvalue weighted by Gasteiger charge is -2.37. The van der Waals surface area contributed by atoms with Crippen LogP contribution >= 0.6 is 0 Å². The fourth-order valence-corrected chi connectivity index (χ4v) is 6.83. The molecule has 3 rings (SSSR count). The summed E-state index contributed by atoms with van der Waals surface area (Å²) in [6.45, 7) is 24.7. The third-order valence-corrected chi connectivity index (χ3v) is 10.1. The molecule has 2 aromatic carbocycles. The molecule has 0 spiro atoms. The number of carboxylic acids is 2. The molecule has 1 heterocycles. The van der Waals surface area contributed by atoms with Crippen molar-refractivity contribution < 1.29 is 29.6 Å². The number of carbonyl (C=O) groups is 2. The fraction of sp³-hybridized carbons (Fsp3) is 0.600. The van der Waals surface area contributed by atoms with Gasteiger partial charge in [0.15, 0.2) is 6.71 Å². The monoisotopic (exact) mass is 622 g/mol. The Hall–Kier alpha value is -2.97. The highest BCUT2D eigenvalue weighted by molar-refractivity contribution is 6.57. The highest BCUT2D eigenvalue weighted by Gasteiger charge is 2.37. The summed E-state index contributed by atoms with van der Waals surface area (Å²) in [7, 11) is 4.22. The summed E-state index contributed by atoms with van der Waals surface area (Å²) < 4.78 is 6.10. The minimum atomic E-state index is -1.06. The first-order chi connectivity index (χ1) is 20.9. The van der Waals surface area contributed by atoms with Crippen molar-refractivity contribution in [2.24, 2.45) is 0 Å². The number of hydrogen-bond donors (Lipinski definition) is 3. The van der Waals surface area contributed by atoms with Crippen molar-refractivity contribution >= 4 is 25.6 Å². The molecule has 0 radical (unpaired) electrons. The SMILES string of the molecule is CCCN(C)C(Cc1c(C)c(C)c(C)c(C(=O)O)c1O)B(C)C.CCCN(C)C1Cc2c(C)c(C)c(C)c(C(=O)O)c2OB1C. The number of phenols is 1. The van der Waals surface area contributed by atoms with E-state index in [0.29, 0.717) is 30.0 Å². The number of aromatic hydroxyl groups is 1. The van der Waals surface area contributed by atoms with E-state index in [1.165, 1.54) is 5.56 Å². The van der Waals surface area contributed by atoms with Crippen LogP contribution in [0, 0.1) is 41.5 Å². The number of benzene rings is 2. The molecular weight excluding hydrogens is 566 g/mol. The molecule has 0 saturated heterocycles. The molecule has 0 saturated carbocycles. The molecule has 10 heteroatoms. The van der Waals surface area contributed by atoms with Gasteiger partial charge in [0, 0.05) is 5.94 Å². The minimum Gasteiger partial charge on any atom is -0.558 e.